The number of nitrogens with one attached hydrogen (secondary N) is 1. The molecule has 2 saturated heterocycles. The molecule has 3 aliphatic heterocycles. The first-order valence-electron chi connectivity index (χ1n) is 18.6. The maximum absolute atomic E-state index is 14.3. The minimum absolute atomic E-state index is 0.0597. The number of thioether (sulfide) groups is 1. The molecule has 302 valence electrons. The lowest BCUT2D eigenvalue weighted by Gasteiger charge is -2.49. The number of nitrogens with zero attached hydrogens (tertiary/aromatic N) is 5. The summed E-state index contributed by atoms with van der Waals surface area (Å²) in [7, 11) is 0. The molecule has 0 unspecified atom stereocenters. The molecule has 0 radical (unpaired) electrons. The van der Waals surface area contributed by atoms with Crippen LogP contribution in [-0.4, -0.2) is 77.9 Å². The van der Waals surface area contributed by atoms with Crippen LogP contribution in [0.15, 0.2) is 149 Å². The molecular weight excluding hydrogens is 807 g/mol. The topological polar surface area (TPSA) is 211 Å². The van der Waals surface area contributed by atoms with E-state index in [4.69, 9.17) is 10.6 Å². The minimum Gasteiger partial charge on any atom is -0.477 e. The van der Waals surface area contributed by atoms with E-state index in [1.165, 1.54) is 30.0 Å². The van der Waals surface area contributed by atoms with Crippen LogP contribution in [0.2, 0.25) is 0 Å². The number of nitrogens with two attached hydrogens (primary N) is 1. The largest absolute Gasteiger partial charge is 0.477 e. The molecular formula is C43H35N7O8S2. The van der Waals surface area contributed by atoms with Gasteiger partial charge in [-0.15, -0.1) is 23.1 Å². The highest BCUT2D eigenvalue weighted by atomic mass is 32.2. The van der Waals surface area contributed by atoms with Crippen LogP contribution in [0.1, 0.15) is 34.4 Å². The molecule has 60 heavy (non-hydrogen) atoms. The molecule has 3 aliphatic rings. The minimum atomic E-state index is -1.36. The second-order valence-corrected chi connectivity index (χ2v) is 16.0. The SMILES string of the molecule is Nc1nc(C(=NOC(c2ccccc2)(c2ccccc2)c2ccccc2)C(=O)N[C@@H]2C(=O)N3C(C(=O)O)=C(C=C4CCN(Cc5ccc([N+](=O)[O-])cc5)C4=O)CS[C@H]23)cs1. The molecule has 1 aromatic heterocycles. The number of allylic oxidation sites excluding steroid dienone is 1. The molecule has 15 nitrogen and oxygen atoms in total. The monoisotopic (exact) mass is 841 g/mol. The van der Waals surface area contributed by atoms with Gasteiger partial charge >= 0.3 is 5.97 Å². The number of aromatic nitrogens is 1. The molecule has 2 atom stereocenters. The lowest BCUT2D eigenvalue weighted by Crippen LogP contribution is -2.71. The van der Waals surface area contributed by atoms with E-state index >= 15 is 0 Å². The zero-order valence-corrected chi connectivity index (χ0v) is 33.2. The number of hydrogen-bond acceptors (Lipinski definition) is 12. The Hall–Kier alpha value is -7.11. The second-order valence-electron chi connectivity index (χ2n) is 14.0. The summed E-state index contributed by atoms with van der Waals surface area (Å²) in [6.07, 6.45) is 1.87. The van der Waals surface area contributed by atoms with Crippen molar-refractivity contribution in [1.29, 1.82) is 0 Å². The normalized spacial score (nSPS) is 18.6. The van der Waals surface area contributed by atoms with Gasteiger partial charge in [0.15, 0.2) is 10.8 Å². The Morgan fingerprint density at radius 2 is 1.57 bits per heavy atom. The number of oxime groups is 1. The summed E-state index contributed by atoms with van der Waals surface area (Å²) in [5, 5.41) is 29.6. The van der Waals surface area contributed by atoms with Crippen LogP contribution in [0.5, 0.6) is 0 Å². The van der Waals surface area contributed by atoms with Crippen molar-refractivity contribution in [1.82, 2.24) is 20.1 Å². The van der Waals surface area contributed by atoms with Crippen LogP contribution in [-0.2, 0) is 36.2 Å². The highest BCUT2D eigenvalue weighted by molar-refractivity contribution is 8.00. The first-order chi connectivity index (χ1) is 29.0. The maximum Gasteiger partial charge on any atom is 0.352 e. The molecule has 3 amide bonds. The van der Waals surface area contributed by atoms with E-state index in [2.05, 4.69) is 15.5 Å². The van der Waals surface area contributed by atoms with Gasteiger partial charge in [0, 0.05) is 58.6 Å². The van der Waals surface area contributed by atoms with Gasteiger partial charge in [-0.2, -0.15) is 0 Å². The van der Waals surface area contributed by atoms with Crippen molar-refractivity contribution in [3.8, 4) is 0 Å². The van der Waals surface area contributed by atoms with Gasteiger partial charge in [0.1, 0.15) is 22.8 Å². The zero-order valence-electron chi connectivity index (χ0n) is 31.5. The lowest BCUT2D eigenvalue weighted by atomic mass is 9.80. The van der Waals surface area contributed by atoms with E-state index in [9.17, 15) is 34.4 Å². The molecule has 4 heterocycles. The van der Waals surface area contributed by atoms with Crippen molar-refractivity contribution < 1.29 is 34.0 Å². The number of carboxylic acids is 1. The first kappa shape index (κ1) is 39.7. The van der Waals surface area contributed by atoms with Crippen LogP contribution < -0.4 is 11.1 Å². The van der Waals surface area contributed by atoms with Gasteiger partial charge in [-0.25, -0.2) is 9.78 Å². The van der Waals surface area contributed by atoms with E-state index in [1.54, 1.807) is 22.4 Å². The summed E-state index contributed by atoms with van der Waals surface area (Å²) < 4.78 is 0. The number of benzene rings is 4. The standard InChI is InChI=1S/C43H35N7O8S2/c44-42-45-33(25-60-42)34(47-58-43(29-10-4-1-5-11-29,30-12-6-2-7-13-30)31-14-8-3-9-15-31)37(51)46-35-39(53)49-36(41(54)55)28(24-59-40(35)49)22-27-20-21-48(38(27)52)23-26-16-18-32(19-17-26)50(56)57/h1-19,22,25,35,40H,20-21,23-24H2,(H2,44,45)(H,46,51)(H,54,55)/t35-,40-/m1/s1. The summed E-state index contributed by atoms with van der Waals surface area (Å²) >= 11 is 2.34. The van der Waals surface area contributed by atoms with Crippen molar-refractivity contribution >= 4 is 63.3 Å². The number of likely N-dealkylation sites (tertiary alicyclic amines) is 1. The van der Waals surface area contributed by atoms with Gasteiger partial charge in [-0.05, 0) is 23.6 Å². The fourth-order valence-electron chi connectivity index (χ4n) is 7.46. The van der Waals surface area contributed by atoms with E-state index in [-0.39, 0.29) is 51.7 Å². The van der Waals surface area contributed by atoms with Gasteiger partial charge in [0.25, 0.3) is 17.5 Å². The van der Waals surface area contributed by atoms with Crippen LogP contribution in [0, 0.1) is 10.1 Å². The highest BCUT2D eigenvalue weighted by Crippen LogP contribution is 2.43. The number of hydrogen-bond donors (Lipinski definition) is 3. The second kappa shape index (κ2) is 16.6. The van der Waals surface area contributed by atoms with Crippen molar-refractivity contribution in [2.45, 2.75) is 30.0 Å². The number of carboxylic acid groups (broad SMARTS) is 1. The molecule has 4 N–H and O–H groups in total. The lowest BCUT2D eigenvalue weighted by molar-refractivity contribution is -0.384. The van der Waals surface area contributed by atoms with Crippen LogP contribution >= 0.6 is 23.1 Å². The third kappa shape index (κ3) is 7.51. The predicted molar refractivity (Wildman–Crippen MR) is 224 cm³/mol. The van der Waals surface area contributed by atoms with Crippen LogP contribution in [0.25, 0.3) is 0 Å². The number of β-lactam (4-membered cyclic amide) rings is 1. The molecule has 17 heteroatoms. The number of carbonyl (C=O) groups excluding carboxylic acids is 3. The molecule has 0 spiro atoms. The van der Waals surface area contributed by atoms with Crippen molar-refractivity contribution in [2.75, 3.05) is 18.0 Å². The molecule has 2 fully saturated rings. The number of fused-ring (bicyclic) bond motifs is 1. The zero-order chi connectivity index (χ0) is 42.0. The third-order valence-electron chi connectivity index (χ3n) is 10.4. The number of amides is 3. The summed E-state index contributed by atoms with van der Waals surface area (Å²) in [5.74, 6) is -2.96. The van der Waals surface area contributed by atoms with Gasteiger partial charge < -0.3 is 25.9 Å². The van der Waals surface area contributed by atoms with Gasteiger partial charge in [0.05, 0.1) is 4.92 Å². The number of non-ortho nitro benzene ring substituents is 1. The number of nitrogen functional groups attached to an aromatic ring is 1. The average Bonchev–Trinajstić information content (AvgIpc) is 3.85. The summed E-state index contributed by atoms with van der Waals surface area (Å²) in [6.45, 7) is 0.586. The van der Waals surface area contributed by atoms with Gasteiger partial charge in [-0.1, -0.05) is 108 Å². The van der Waals surface area contributed by atoms with E-state index < -0.39 is 39.7 Å². The number of nitro groups is 1. The van der Waals surface area contributed by atoms with Gasteiger partial charge in [-0.3, -0.25) is 29.4 Å². The number of aliphatic carboxylic acids is 1. The number of carbonyl (C=O) groups is 4. The molecule has 0 aliphatic carbocycles. The molecule has 0 saturated carbocycles. The Balaban J connectivity index is 1.06. The molecule has 5 aromatic rings. The van der Waals surface area contributed by atoms with Crippen molar-refractivity contribution in [2.24, 2.45) is 5.16 Å². The number of rotatable bonds is 13. The Morgan fingerprint density at radius 3 is 2.10 bits per heavy atom. The summed E-state index contributed by atoms with van der Waals surface area (Å²) in [5.41, 5.74) is 7.74. The van der Waals surface area contributed by atoms with Crippen molar-refractivity contribution in [3.63, 3.8) is 0 Å². The number of nitro benzene ring substituents is 1. The predicted octanol–water partition coefficient (Wildman–Crippen LogP) is 5.44. The fourth-order valence-corrected chi connectivity index (χ4v) is 9.31. The van der Waals surface area contributed by atoms with Crippen LogP contribution in [0.4, 0.5) is 10.8 Å². The van der Waals surface area contributed by atoms with E-state index in [0.29, 0.717) is 24.1 Å². The quantitative estimate of drug-likeness (QED) is 0.0339. The molecule has 4 aromatic carbocycles. The Bertz CT molecular complexity index is 2480. The van der Waals surface area contributed by atoms with Gasteiger partial charge in [0.2, 0.25) is 11.5 Å². The summed E-state index contributed by atoms with van der Waals surface area (Å²) in [4.78, 5) is 78.3. The fraction of sp³-hybridized carbons (Fsp3) is 0.163. The first-order valence-corrected chi connectivity index (χ1v) is 20.6. The molecule has 0 bridgehead atoms. The van der Waals surface area contributed by atoms with E-state index in [1.807, 2.05) is 91.0 Å². The highest BCUT2D eigenvalue weighted by Gasteiger charge is 2.54. The smallest absolute Gasteiger partial charge is 0.352 e. The Labute approximate surface area is 351 Å². The summed E-state index contributed by atoms with van der Waals surface area (Å²) in [6, 6.07) is 33.1. The van der Waals surface area contributed by atoms with Crippen LogP contribution in [0.3, 0.4) is 0 Å². The average molecular weight is 842 g/mol. The third-order valence-corrected chi connectivity index (χ3v) is 12.3. The van der Waals surface area contributed by atoms with Crippen molar-refractivity contribution in [3.05, 3.63) is 182 Å². The maximum atomic E-state index is 14.3. The number of anilines is 1. The Kier molecular flexibility index (Phi) is 11.0. The molecule has 8 rings (SSSR count). The number of thiazole rings is 1. The van der Waals surface area contributed by atoms with E-state index in [0.717, 1.165) is 32.9 Å². The Morgan fingerprint density at radius 1 is 0.967 bits per heavy atom.